The molecule has 1 aromatic heterocycles. The van der Waals surface area contributed by atoms with E-state index in [2.05, 4.69) is 16.7 Å². The van der Waals surface area contributed by atoms with Crippen LogP contribution in [0.15, 0.2) is 35.0 Å². The van der Waals surface area contributed by atoms with Crippen LogP contribution >= 0.6 is 0 Å². The first-order valence-electron chi connectivity index (χ1n) is 7.10. The summed E-state index contributed by atoms with van der Waals surface area (Å²) in [5.74, 6) is 0.522. The zero-order valence-electron chi connectivity index (χ0n) is 11.7. The van der Waals surface area contributed by atoms with Crippen molar-refractivity contribution in [3.8, 4) is 0 Å². The highest BCUT2D eigenvalue weighted by atomic mass is 16.4. The van der Waals surface area contributed by atoms with Gasteiger partial charge in [0.25, 0.3) is 0 Å². The molecule has 20 heavy (non-hydrogen) atoms. The zero-order valence-corrected chi connectivity index (χ0v) is 11.7. The topological polar surface area (TPSA) is 74.5 Å². The number of nitrogens with one attached hydrogen (secondary N) is 2. The minimum absolute atomic E-state index is 0.117. The predicted molar refractivity (Wildman–Crippen MR) is 76.2 cm³/mol. The number of aliphatic hydroxyl groups excluding tert-OH is 1. The Bertz CT molecular complexity index is 442. The third-order valence-electron chi connectivity index (χ3n) is 3.40. The number of allylic oxidation sites excluding steroid dienone is 1. The quantitative estimate of drug-likeness (QED) is 0.724. The fraction of sp³-hybridized carbons (Fsp3) is 0.533. The minimum atomic E-state index is -0.699. The fourth-order valence-corrected chi connectivity index (χ4v) is 2.36. The van der Waals surface area contributed by atoms with Gasteiger partial charge >= 0.3 is 6.03 Å². The fourth-order valence-electron chi connectivity index (χ4n) is 2.36. The summed E-state index contributed by atoms with van der Waals surface area (Å²) in [5.41, 5.74) is 0. The first-order valence-corrected chi connectivity index (χ1v) is 7.10. The van der Waals surface area contributed by atoms with Crippen LogP contribution in [0.25, 0.3) is 0 Å². The van der Waals surface area contributed by atoms with Gasteiger partial charge < -0.3 is 20.2 Å². The van der Waals surface area contributed by atoms with Crippen molar-refractivity contribution in [2.75, 3.05) is 0 Å². The molecule has 3 unspecified atom stereocenters. The second kappa shape index (κ2) is 7.14. The number of urea groups is 1. The third kappa shape index (κ3) is 4.42. The van der Waals surface area contributed by atoms with E-state index in [1.54, 1.807) is 12.1 Å². The molecule has 2 rings (SSSR count). The lowest BCUT2D eigenvalue weighted by molar-refractivity contribution is 0.129. The number of aliphatic hydroxyl groups is 1. The lowest BCUT2D eigenvalue weighted by atomic mass is 10.0. The summed E-state index contributed by atoms with van der Waals surface area (Å²) in [6.45, 7) is 1.86. The Morgan fingerprint density at radius 1 is 1.60 bits per heavy atom. The summed E-state index contributed by atoms with van der Waals surface area (Å²) < 4.78 is 5.14. The number of rotatable bonds is 5. The monoisotopic (exact) mass is 278 g/mol. The number of furan rings is 1. The molecule has 1 aliphatic rings. The van der Waals surface area contributed by atoms with Crippen molar-refractivity contribution in [1.82, 2.24) is 10.6 Å². The van der Waals surface area contributed by atoms with Crippen molar-refractivity contribution >= 4 is 6.03 Å². The maximum atomic E-state index is 11.8. The van der Waals surface area contributed by atoms with Gasteiger partial charge in [0.15, 0.2) is 0 Å². The van der Waals surface area contributed by atoms with Crippen LogP contribution in [0.2, 0.25) is 0 Å². The molecule has 3 atom stereocenters. The van der Waals surface area contributed by atoms with Crippen molar-refractivity contribution in [3.63, 3.8) is 0 Å². The molecule has 0 saturated carbocycles. The van der Waals surface area contributed by atoms with Gasteiger partial charge in [-0.05, 0) is 38.3 Å². The van der Waals surface area contributed by atoms with E-state index in [0.29, 0.717) is 12.2 Å². The molecule has 0 aliphatic heterocycles. The number of amides is 2. The number of hydrogen-bond acceptors (Lipinski definition) is 3. The molecular formula is C15H22N2O3. The number of carbonyl (C=O) groups excluding carboxylic acids is 1. The zero-order chi connectivity index (χ0) is 14.4. The maximum Gasteiger partial charge on any atom is 0.315 e. The maximum absolute atomic E-state index is 11.8. The van der Waals surface area contributed by atoms with Crippen LogP contribution < -0.4 is 10.6 Å². The summed E-state index contributed by atoms with van der Waals surface area (Å²) in [7, 11) is 0. The molecule has 3 N–H and O–H groups in total. The van der Waals surface area contributed by atoms with Crippen molar-refractivity contribution in [3.05, 3.63) is 36.3 Å². The Morgan fingerprint density at radius 2 is 2.45 bits per heavy atom. The molecule has 110 valence electrons. The largest absolute Gasteiger partial charge is 0.467 e. The van der Waals surface area contributed by atoms with Crippen LogP contribution in [-0.2, 0) is 0 Å². The van der Waals surface area contributed by atoms with Crippen LogP contribution in [0, 0.1) is 0 Å². The average molecular weight is 278 g/mol. The normalized spacial score (nSPS) is 21.2. The van der Waals surface area contributed by atoms with Crippen LogP contribution in [0.4, 0.5) is 4.79 Å². The van der Waals surface area contributed by atoms with Crippen molar-refractivity contribution in [2.24, 2.45) is 0 Å². The second-order valence-electron chi connectivity index (χ2n) is 5.25. The Hall–Kier alpha value is -1.75. The third-order valence-corrected chi connectivity index (χ3v) is 3.40. The first-order chi connectivity index (χ1) is 9.65. The Morgan fingerprint density at radius 3 is 3.10 bits per heavy atom. The van der Waals surface area contributed by atoms with E-state index in [4.69, 9.17) is 4.42 Å². The Labute approximate surface area is 119 Å². The summed E-state index contributed by atoms with van der Waals surface area (Å²) in [5, 5.41) is 15.7. The van der Waals surface area contributed by atoms with Gasteiger partial charge in [-0.15, -0.1) is 0 Å². The van der Waals surface area contributed by atoms with Gasteiger partial charge in [-0.3, -0.25) is 0 Å². The van der Waals surface area contributed by atoms with E-state index in [1.165, 1.54) is 6.26 Å². The Kier molecular flexibility index (Phi) is 5.24. The summed E-state index contributed by atoms with van der Waals surface area (Å²) in [6.07, 6.45) is 8.55. The molecule has 1 aromatic rings. The summed E-state index contributed by atoms with van der Waals surface area (Å²) >= 11 is 0. The second-order valence-corrected chi connectivity index (χ2v) is 5.25. The van der Waals surface area contributed by atoms with Crippen molar-refractivity contribution < 1.29 is 14.3 Å². The molecule has 5 heteroatoms. The van der Waals surface area contributed by atoms with Crippen LogP contribution in [0.5, 0.6) is 0 Å². The number of carbonyl (C=O) groups is 1. The van der Waals surface area contributed by atoms with Gasteiger partial charge in [-0.1, -0.05) is 12.2 Å². The summed E-state index contributed by atoms with van der Waals surface area (Å²) in [4.78, 5) is 11.8. The molecule has 0 fully saturated rings. The van der Waals surface area contributed by atoms with Crippen molar-refractivity contribution in [2.45, 2.75) is 50.8 Å². The lowest BCUT2D eigenvalue weighted by Crippen LogP contribution is -2.45. The molecule has 5 nitrogen and oxygen atoms in total. The van der Waals surface area contributed by atoms with Crippen molar-refractivity contribution in [1.29, 1.82) is 0 Å². The molecule has 2 amide bonds. The standard InChI is InChI=1S/C15H22N2O3/c1-11(10-13(18)14-8-5-9-20-14)16-15(19)17-12-6-3-2-4-7-12/h3,5-6,8-9,11-13,18H,2,4,7,10H2,1H3,(H2,16,17,19). The number of hydrogen-bond donors (Lipinski definition) is 3. The molecular weight excluding hydrogens is 256 g/mol. The smallest absolute Gasteiger partial charge is 0.315 e. The average Bonchev–Trinajstić information content (AvgIpc) is 2.93. The Balaban J connectivity index is 1.73. The highest BCUT2D eigenvalue weighted by Gasteiger charge is 2.17. The van der Waals surface area contributed by atoms with E-state index in [1.807, 2.05) is 13.0 Å². The molecule has 1 aliphatic carbocycles. The molecule has 1 heterocycles. The van der Waals surface area contributed by atoms with Crippen LogP contribution in [0.1, 0.15) is 44.5 Å². The van der Waals surface area contributed by atoms with Crippen LogP contribution in [0.3, 0.4) is 0 Å². The van der Waals surface area contributed by atoms with E-state index in [9.17, 15) is 9.90 Å². The van der Waals surface area contributed by atoms with Gasteiger partial charge in [0.05, 0.1) is 6.26 Å². The van der Waals surface area contributed by atoms with Gasteiger partial charge in [0.2, 0.25) is 0 Å². The van der Waals surface area contributed by atoms with Crippen LogP contribution in [-0.4, -0.2) is 23.2 Å². The molecule has 0 bridgehead atoms. The van der Waals surface area contributed by atoms with E-state index in [0.717, 1.165) is 19.3 Å². The van der Waals surface area contributed by atoms with Gasteiger partial charge in [0.1, 0.15) is 11.9 Å². The van der Waals surface area contributed by atoms with E-state index >= 15 is 0 Å². The predicted octanol–water partition coefficient (Wildman–Crippen LogP) is 2.50. The first kappa shape index (κ1) is 14.7. The SMILES string of the molecule is CC(CC(O)c1ccco1)NC(=O)NC1C=CCCC1. The van der Waals surface area contributed by atoms with E-state index < -0.39 is 6.10 Å². The van der Waals surface area contributed by atoms with Gasteiger partial charge in [0, 0.05) is 18.5 Å². The molecule has 0 radical (unpaired) electrons. The van der Waals surface area contributed by atoms with Gasteiger partial charge in [-0.2, -0.15) is 0 Å². The minimum Gasteiger partial charge on any atom is -0.467 e. The molecule has 0 spiro atoms. The molecule has 0 aromatic carbocycles. The van der Waals surface area contributed by atoms with Gasteiger partial charge in [-0.25, -0.2) is 4.79 Å². The highest BCUT2D eigenvalue weighted by Crippen LogP contribution is 2.18. The van der Waals surface area contributed by atoms with E-state index in [-0.39, 0.29) is 18.1 Å². The highest BCUT2D eigenvalue weighted by molar-refractivity contribution is 5.74. The molecule has 0 saturated heterocycles. The summed E-state index contributed by atoms with van der Waals surface area (Å²) in [6, 6.07) is 3.25. The lowest BCUT2D eigenvalue weighted by Gasteiger charge is -2.21.